The van der Waals surface area contributed by atoms with Crippen molar-refractivity contribution in [3.8, 4) is 11.5 Å². The van der Waals surface area contributed by atoms with E-state index in [0.717, 1.165) is 30.5 Å². The first-order valence-corrected chi connectivity index (χ1v) is 8.20. The number of likely N-dealkylation sites (tertiary alicyclic amines) is 1. The fourth-order valence-corrected chi connectivity index (χ4v) is 3.89. The van der Waals surface area contributed by atoms with Crippen LogP contribution in [0.5, 0.6) is 11.5 Å². The van der Waals surface area contributed by atoms with E-state index in [2.05, 4.69) is 4.90 Å². The van der Waals surface area contributed by atoms with Crippen molar-refractivity contribution in [1.82, 2.24) is 4.90 Å². The van der Waals surface area contributed by atoms with Gasteiger partial charge in [-0.2, -0.15) is 0 Å². The number of carbonyl (C=O) groups is 1. The fourth-order valence-electron chi connectivity index (χ4n) is 3.89. The zero-order chi connectivity index (χ0) is 15.5. The summed E-state index contributed by atoms with van der Waals surface area (Å²) >= 11 is 0. The molecule has 1 saturated heterocycles. The van der Waals surface area contributed by atoms with Gasteiger partial charge in [0.15, 0.2) is 11.5 Å². The first-order valence-electron chi connectivity index (χ1n) is 8.20. The van der Waals surface area contributed by atoms with E-state index >= 15 is 0 Å². The van der Waals surface area contributed by atoms with Gasteiger partial charge in [-0.3, -0.25) is 4.79 Å². The molecule has 1 aromatic rings. The van der Waals surface area contributed by atoms with Gasteiger partial charge in [0.2, 0.25) is 5.91 Å². The van der Waals surface area contributed by atoms with Gasteiger partial charge < -0.3 is 14.4 Å². The Hall–Kier alpha value is -1.71. The third-order valence-electron chi connectivity index (χ3n) is 5.13. The zero-order valence-electron chi connectivity index (χ0n) is 13.5. The Morgan fingerprint density at radius 1 is 1.09 bits per heavy atom. The maximum atomic E-state index is 12.6. The molecule has 4 heteroatoms. The molecule has 1 aliphatic heterocycles. The van der Waals surface area contributed by atoms with Crippen molar-refractivity contribution in [2.75, 3.05) is 27.3 Å². The summed E-state index contributed by atoms with van der Waals surface area (Å²) in [5, 5.41) is 0. The fraction of sp³-hybridized carbons (Fsp3) is 0.611. The van der Waals surface area contributed by atoms with Crippen LogP contribution in [0.2, 0.25) is 0 Å². The van der Waals surface area contributed by atoms with Crippen molar-refractivity contribution in [1.29, 1.82) is 0 Å². The number of rotatable bonds is 4. The summed E-state index contributed by atoms with van der Waals surface area (Å²) in [6.07, 6.45) is 5.70. The Labute approximate surface area is 132 Å². The van der Waals surface area contributed by atoms with Crippen LogP contribution in [0.4, 0.5) is 0 Å². The molecule has 2 unspecified atom stereocenters. The van der Waals surface area contributed by atoms with Gasteiger partial charge >= 0.3 is 0 Å². The molecule has 2 fully saturated rings. The number of hydrogen-bond donors (Lipinski definition) is 0. The molecule has 120 valence electrons. The van der Waals surface area contributed by atoms with Crippen molar-refractivity contribution in [3.63, 3.8) is 0 Å². The third-order valence-corrected chi connectivity index (χ3v) is 5.13. The highest BCUT2D eigenvalue weighted by molar-refractivity contribution is 5.79. The van der Waals surface area contributed by atoms with Crippen molar-refractivity contribution >= 4 is 5.91 Å². The molecule has 2 atom stereocenters. The lowest BCUT2D eigenvalue weighted by molar-refractivity contribution is -0.129. The molecule has 1 aliphatic carbocycles. The molecule has 1 saturated carbocycles. The molecular weight excluding hydrogens is 278 g/mol. The molecule has 0 spiro atoms. The van der Waals surface area contributed by atoms with E-state index in [1.807, 2.05) is 18.2 Å². The van der Waals surface area contributed by atoms with Gasteiger partial charge in [-0.15, -0.1) is 0 Å². The minimum Gasteiger partial charge on any atom is -0.493 e. The van der Waals surface area contributed by atoms with Crippen molar-refractivity contribution in [3.05, 3.63) is 23.8 Å². The molecule has 0 N–H and O–H groups in total. The van der Waals surface area contributed by atoms with Gasteiger partial charge in [0.1, 0.15) is 0 Å². The monoisotopic (exact) mass is 303 g/mol. The highest BCUT2D eigenvalue weighted by Crippen LogP contribution is 2.36. The van der Waals surface area contributed by atoms with Crippen LogP contribution in [0.15, 0.2) is 18.2 Å². The molecule has 4 nitrogen and oxygen atoms in total. The Morgan fingerprint density at radius 2 is 1.73 bits per heavy atom. The maximum absolute atomic E-state index is 12.6. The number of amides is 1. The number of methoxy groups -OCH3 is 2. The normalized spacial score (nSPS) is 24.0. The number of hydrogen-bond acceptors (Lipinski definition) is 3. The van der Waals surface area contributed by atoms with E-state index in [1.54, 1.807) is 14.2 Å². The van der Waals surface area contributed by atoms with Crippen molar-refractivity contribution in [2.45, 2.75) is 32.1 Å². The van der Waals surface area contributed by atoms with Gasteiger partial charge in [0, 0.05) is 13.1 Å². The first kappa shape index (κ1) is 15.2. The Bertz CT molecular complexity index is 529. The summed E-state index contributed by atoms with van der Waals surface area (Å²) < 4.78 is 10.6. The number of fused-ring (bicyclic) bond motifs is 1. The Kier molecular flexibility index (Phi) is 4.55. The summed E-state index contributed by atoms with van der Waals surface area (Å²) in [6, 6.07) is 5.72. The lowest BCUT2D eigenvalue weighted by atomic mass is 9.82. The number of ether oxygens (including phenoxy) is 2. The number of nitrogens with zero attached hydrogens (tertiary/aromatic N) is 1. The predicted molar refractivity (Wildman–Crippen MR) is 85.3 cm³/mol. The van der Waals surface area contributed by atoms with Gasteiger partial charge in [0.25, 0.3) is 0 Å². The second-order valence-electron chi connectivity index (χ2n) is 6.47. The second kappa shape index (κ2) is 6.59. The average molecular weight is 303 g/mol. The van der Waals surface area contributed by atoms with Gasteiger partial charge in [-0.1, -0.05) is 18.9 Å². The number of benzene rings is 1. The summed E-state index contributed by atoms with van der Waals surface area (Å²) in [7, 11) is 3.24. The standard InChI is InChI=1S/C18H25NO3/c1-21-16-8-7-13(9-17(16)22-2)10-18(20)19-11-14-5-3-4-6-15(14)12-19/h7-9,14-15H,3-6,10-12H2,1-2H3. The van der Waals surface area contributed by atoms with Crippen LogP contribution < -0.4 is 9.47 Å². The molecule has 2 aliphatic rings. The molecule has 1 heterocycles. The molecule has 0 bridgehead atoms. The van der Waals surface area contributed by atoms with E-state index < -0.39 is 0 Å². The average Bonchev–Trinajstić information content (AvgIpc) is 2.99. The highest BCUT2D eigenvalue weighted by atomic mass is 16.5. The van der Waals surface area contributed by atoms with E-state index in [-0.39, 0.29) is 5.91 Å². The quantitative estimate of drug-likeness (QED) is 0.858. The SMILES string of the molecule is COc1ccc(CC(=O)N2CC3CCCCC3C2)cc1OC. The molecule has 1 aromatic carbocycles. The maximum Gasteiger partial charge on any atom is 0.227 e. The van der Waals surface area contributed by atoms with Crippen LogP contribution in [0.3, 0.4) is 0 Å². The first-order chi connectivity index (χ1) is 10.7. The second-order valence-corrected chi connectivity index (χ2v) is 6.47. The molecular formula is C18H25NO3. The van der Waals surface area contributed by atoms with Crippen LogP contribution in [-0.2, 0) is 11.2 Å². The van der Waals surface area contributed by atoms with Crippen molar-refractivity contribution in [2.24, 2.45) is 11.8 Å². The Balaban J connectivity index is 1.64. The van der Waals surface area contributed by atoms with Crippen LogP contribution >= 0.6 is 0 Å². The van der Waals surface area contributed by atoms with Crippen LogP contribution in [0.1, 0.15) is 31.2 Å². The highest BCUT2D eigenvalue weighted by Gasteiger charge is 2.36. The third kappa shape index (κ3) is 3.06. The topological polar surface area (TPSA) is 38.8 Å². The predicted octanol–water partition coefficient (Wildman–Crippen LogP) is 2.89. The van der Waals surface area contributed by atoms with Crippen LogP contribution in [0, 0.1) is 11.8 Å². The summed E-state index contributed by atoms with van der Waals surface area (Å²) in [4.78, 5) is 14.6. The number of carbonyl (C=O) groups excluding carboxylic acids is 1. The van der Waals surface area contributed by atoms with Gasteiger partial charge in [-0.05, 0) is 42.4 Å². The molecule has 1 amide bonds. The van der Waals surface area contributed by atoms with E-state index in [1.165, 1.54) is 25.7 Å². The zero-order valence-corrected chi connectivity index (χ0v) is 13.5. The summed E-state index contributed by atoms with van der Waals surface area (Å²) in [5.74, 6) is 3.10. The minimum atomic E-state index is 0.238. The van der Waals surface area contributed by atoms with Crippen molar-refractivity contribution < 1.29 is 14.3 Å². The molecule has 0 aromatic heterocycles. The molecule has 3 rings (SSSR count). The molecule has 22 heavy (non-hydrogen) atoms. The smallest absolute Gasteiger partial charge is 0.227 e. The largest absolute Gasteiger partial charge is 0.493 e. The van der Waals surface area contributed by atoms with Gasteiger partial charge in [-0.25, -0.2) is 0 Å². The van der Waals surface area contributed by atoms with E-state index in [0.29, 0.717) is 17.9 Å². The van der Waals surface area contributed by atoms with Crippen LogP contribution in [0.25, 0.3) is 0 Å². The summed E-state index contributed by atoms with van der Waals surface area (Å²) in [5.41, 5.74) is 0.984. The lowest BCUT2D eigenvalue weighted by Gasteiger charge is -2.22. The van der Waals surface area contributed by atoms with E-state index in [4.69, 9.17) is 9.47 Å². The summed E-state index contributed by atoms with van der Waals surface area (Å²) in [6.45, 7) is 1.91. The Morgan fingerprint density at radius 3 is 2.32 bits per heavy atom. The van der Waals surface area contributed by atoms with Gasteiger partial charge in [0.05, 0.1) is 20.6 Å². The van der Waals surface area contributed by atoms with Crippen LogP contribution in [-0.4, -0.2) is 38.1 Å². The van der Waals surface area contributed by atoms with E-state index in [9.17, 15) is 4.79 Å². The minimum absolute atomic E-state index is 0.238. The lowest BCUT2D eigenvalue weighted by Crippen LogP contribution is -2.30. The molecule has 0 radical (unpaired) electrons.